The quantitative estimate of drug-likeness (QED) is 0.828. The lowest BCUT2D eigenvalue weighted by Gasteiger charge is -2.01. The molecule has 6 nitrogen and oxygen atoms in total. The number of hydrogen-bond acceptors (Lipinski definition) is 5. The van der Waals surface area contributed by atoms with Crippen LogP contribution in [0.5, 0.6) is 0 Å². The fourth-order valence-corrected chi connectivity index (χ4v) is 3.66. The summed E-state index contributed by atoms with van der Waals surface area (Å²) in [7, 11) is 0. The number of aromatic nitrogens is 3. The number of thiophene rings is 1. The fourth-order valence-electron chi connectivity index (χ4n) is 2.43. The van der Waals surface area contributed by atoms with Crippen molar-refractivity contribution in [1.29, 1.82) is 5.26 Å². The van der Waals surface area contributed by atoms with Gasteiger partial charge in [-0.15, -0.1) is 11.3 Å². The maximum atomic E-state index is 12.0. The number of anilines is 1. The normalized spacial score (nSPS) is 14.2. The topological polar surface area (TPSA) is 94.5 Å². The predicted octanol–water partition coefficient (Wildman–Crippen LogP) is 2.26. The number of carbonyl (C=O) groups excluding carboxylic acids is 1. The van der Waals surface area contributed by atoms with Crippen molar-refractivity contribution < 1.29 is 4.79 Å². The molecule has 2 N–H and O–H groups in total. The first-order valence-corrected chi connectivity index (χ1v) is 7.33. The van der Waals surface area contributed by atoms with Crippen LogP contribution in [0, 0.1) is 11.3 Å². The number of aromatic amines is 1. The maximum Gasteiger partial charge on any atom is 0.278 e. The van der Waals surface area contributed by atoms with E-state index in [1.807, 2.05) is 0 Å². The van der Waals surface area contributed by atoms with Gasteiger partial charge in [-0.2, -0.15) is 20.7 Å². The van der Waals surface area contributed by atoms with Crippen LogP contribution in [0.15, 0.2) is 6.20 Å². The molecule has 0 radical (unpaired) electrons. The molecule has 2 aromatic rings. The van der Waals surface area contributed by atoms with Crippen molar-refractivity contribution in [2.24, 2.45) is 0 Å². The zero-order valence-corrected chi connectivity index (χ0v) is 11.6. The van der Waals surface area contributed by atoms with E-state index in [4.69, 9.17) is 0 Å². The molecule has 0 bridgehead atoms. The SMILES string of the molecule is N#Cc1c(NC(=O)c2cn[nH]n2)sc2c1CCCCC2. The summed E-state index contributed by atoms with van der Waals surface area (Å²) in [6.07, 6.45) is 6.74. The second kappa shape index (κ2) is 5.43. The number of amides is 1. The van der Waals surface area contributed by atoms with Gasteiger partial charge in [0.1, 0.15) is 11.1 Å². The van der Waals surface area contributed by atoms with Crippen LogP contribution >= 0.6 is 11.3 Å². The minimum atomic E-state index is -0.341. The molecule has 0 atom stereocenters. The van der Waals surface area contributed by atoms with Gasteiger partial charge in [0, 0.05) is 4.88 Å². The molecule has 0 saturated heterocycles. The molecular formula is C13H13N5OS. The van der Waals surface area contributed by atoms with Crippen molar-refractivity contribution in [3.63, 3.8) is 0 Å². The Labute approximate surface area is 119 Å². The summed E-state index contributed by atoms with van der Waals surface area (Å²) in [6, 6.07) is 2.23. The molecule has 102 valence electrons. The molecule has 0 aromatic carbocycles. The van der Waals surface area contributed by atoms with Gasteiger partial charge in [0.25, 0.3) is 5.91 Å². The standard InChI is InChI=1S/C13H13N5OS/c14-6-9-8-4-2-1-3-5-11(8)20-13(9)16-12(19)10-7-15-18-17-10/h7H,1-5H2,(H,16,19)(H,15,17,18). The summed E-state index contributed by atoms with van der Waals surface area (Å²) >= 11 is 1.51. The van der Waals surface area contributed by atoms with Gasteiger partial charge in [-0.25, -0.2) is 0 Å². The van der Waals surface area contributed by atoms with Gasteiger partial charge in [0.2, 0.25) is 0 Å². The Bertz CT molecular complexity index is 668. The van der Waals surface area contributed by atoms with E-state index in [2.05, 4.69) is 26.8 Å². The smallest absolute Gasteiger partial charge is 0.278 e. The summed E-state index contributed by atoms with van der Waals surface area (Å²) in [5.41, 5.74) is 1.95. The van der Waals surface area contributed by atoms with Gasteiger partial charge in [-0.3, -0.25) is 4.79 Å². The number of rotatable bonds is 2. The van der Waals surface area contributed by atoms with Gasteiger partial charge in [-0.05, 0) is 31.2 Å². The van der Waals surface area contributed by atoms with Gasteiger partial charge in [0.05, 0.1) is 11.8 Å². The average molecular weight is 287 g/mol. The Morgan fingerprint density at radius 3 is 3.00 bits per heavy atom. The first-order valence-electron chi connectivity index (χ1n) is 6.51. The molecule has 1 aliphatic carbocycles. The summed E-state index contributed by atoms with van der Waals surface area (Å²) in [6.45, 7) is 0. The molecule has 0 spiro atoms. The molecule has 1 aliphatic rings. The van der Waals surface area contributed by atoms with Gasteiger partial charge >= 0.3 is 0 Å². The number of carbonyl (C=O) groups is 1. The molecule has 3 rings (SSSR count). The largest absolute Gasteiger partial charge is 0.311 e. The highest BCUT2D eigenvalue weighted by atomic mass is 32.1. The van der Waals surface area contributed by atoms with E-state index in [0.29, 0.717) is 10.6 Å². The van der Waals surface area contributed by atoms with Crippen molar-refractivity contribution in [2.75, 3.05) is 5.32 Å². The molecule has 0 fully saturated rings. The van der Waals surface area contributed by atoms with E-state index < -0.39 is 0 Å². The van der Waals surface area contributed by atoms with E-state index >= 15 is 0 Å². The summed E-state index contributed by atoms with van der Waals surface area (Å²) in [4.78, 5) is 13.2. The van der Waals surface area contributed by atoms with E-state index in [1.54, 1.807) is 0 Å². The summed E-state index contributed by atoms with van der Waals surface area (Å²) in [5.74, 6) is -0.341. The van der Waals surface area contributed by atoms with E-state index in [-0.39, 0.29) is 11.6 Å². The van der Waals surface area contributed by atoms with Crippen molar-refractivity contribution in [1.82, 2.24) is 15.4 Å². The van der Waals surface area contributed by atoms with Crippen LogP contribution in [0.25, 0.3) is 0 Å². The number of H-pyrrole nitrogens is 1. The Hall–Kier alpha value is -2.20. The Kier molecular flexibility index (Phi) is 3.48. The Morgan fingerprint density at radius 1 is 1.40 bits per heavy atom. The molecule has 0 saturated carbocycles. The second-order valence-corrected chi connectivity index (χ2v) is 5.79. The highest BCUT2D eigenvalue weighted by molar-refractivity contribution is 7.16. The van der Waals surface area contributed by atoms with E-state index in [0.717, 1.165) is 31.2 Å². The van der Waals surface area contributed by atoms with Crippen LogP contribution in [-0.4, -0.2) is 21.3 Å². The lowest BCUT2D eigenvalue weighted by atomic mass is 10.1. The van der Waals surface area contributed by atoms with Crippen molar-refractivity contribution in [3.05, 3.63) is 27.9 Å². The monoisotopic (exact) mass is 287 g/mol. The highest BCUT2D eigenvalue weighted by Gasteiger charge is 2.21. The number of hydrogen-bond donors (Lipinski definition) is 2. The zero-order chi connectivity index (χ0) is 13.9. The van der Waals surface area contributed by atoms with Crippen LogP contribution < -0.4 is 5.32 Å². The predicted molar refractivity (Wildman–Crippen MR) is 74.6 cm³/mol. The van der Waals surface area contributed by atoms with Crippen molar-refractivity contribution in [3.8, 4) is 6.07 Å². The van der Waals surface area contributed by atoms with E-state index in [1.165, 1.54) is 28.8 Å². The first kappa shape index (κ1) is 12.8. The maximum absolute atomic E-state index is 12.0. The molecular weight excluding hydrogens is 274 g/mol. The number of nitrogens with one attached hydrogen (secondary N) is 2. The number of nitriles is 1. The molecule has 1 amide bonds. The van der Waals surface area contributed by atoms with E-state index in [9.17, 15) is 10.1 Å². The first-order chi connectivity index (χ1) is 9.79. The van der Waals surface area contributed by atoms with Crippen LogP contribution in [0.3, 0.4) is 0 Å². The number of nitrogens with zero attached hydrogens (tertiary/aromatic N) is 3. The second-order valence-electron chi connectivity index (χ2n) is 4.69. The molecule has 2 heterocycles. The van der Waals surface area contributed by atoms with Crippen molar-refractivity contribution in [2.45, 2.75) is 32.1 Å². The van der Waals surface area contributed by atoms with Gasteiger partial charge in [0.15, 0.2) is 5.69 Å². The van der Waals surface area contributed by atoms with Crippen LogP contribution in [-0.2, 0) is 12.8 Å². The third-order valence-electron chi connectivity index (χ3n) is 3.41. The Balaban J connectivity index is 1.90. The fraction of sp³-hybridized carbons (Fsp3) is 0.385. The molecule has 7 heteroatoms. The third kappa shape index (κ3) is 2.30. The number of aryl methyl sites for hydroxylation is 1. The zero-order valence-electron chi connectivity index (χ0n) is 10.8. The lowest BCUT2D eigenvalue weighted by molar-refractivity contribution is 0.102. The summed E-state index contributed by atoms with van der Waals surface area (Å²) in [5, 5.41) is 22.5. The number of fused-ring (bicyclic) bond motifs is 1. The lowest BCUT2D eigenvalue weighted by Crippen LogP contribution is -2.12. The molecule has 0 aliphatic heterocycles. The average Bonchev–Trinajstić information content (AvgIpc) is 3.02. The van der Waals surface area contributed by atoms with Crippen LogP contribution in [0.2, 0.25) is 0 Å². The Morgan fingerprint density at radius 2 is 2.25 bits per heavy atom. The van der Waals surface area contributed by atoms with Gasteiger partial charge in [-0.1, -0.05) is 6.42 Å². The summed E-state index contributed by atoms with van der Waals surface area (Å²) < 4.78 is 0. The minimum Gasteiger partial charge on any atom is -0.311 e. The molecule has 0 unspecified atom stereocenters. The minimum absolute atomic E-state index is 0.220. The third-order valence-corrected chi connectivity index (χ3v) is 4.62. The highest BCUT2D eigenvalue weighted by Crippen LogP contribution is 2.37. The van der Waals surface area contributed by atoms with Crippen LogP contribution in [0.1, 0.15) is 45.8 Å². The molecule has 2 aromatic heterocycles. The van der Waals surface area contributed by atoms with Gasteiger partial charge < -0.3 is 5.32 Å². The van der Waals surface area contributed by atoms with Crippen molar-refractivity contribution >= 4 is 22.2 Å². The van der Waals surface area contributed by atoms with Crippen LogP contribution in [0.4, 0.5) is 5.00 Å². The molecule has 20 heavy (non-hydrogen) atoms.